The van der Waals surface area contributed by atoms with E-state index in [0.29, 0.717) is 12.6 Å². The number of piperidine rings is 1. The van der Waals surface area contributed by atoms with Crippen molar-refractivity contribution in [1.82, 2.24) is 9.80 Å². The largest absolute Gasteiger partial charge is 0.327 e. The van der Waals surface area contributed by atoms with Crippen LogP contribution in [0.5, 0.6) is 0 Å². The molecule has 0 aliphatic carbocycles. The first-order chi connectivity index (χ1) is 9.06. The van der Waals surface area contributed by atoms with Gasteiger partial charge in [-0.25, -0.2) is 4.39 Å². The fourth-order valence-electron chi connectivity index (χ4n) is 2.43. The average molecular weight is 376 g/mol. The normalized spacial score (nSPS) is 17.4. The van der Waals surface area contributed by atoms with Crippen LogP contribution in [0.1, 0.15) is 18.4 Å². The minimum atomic E-state index is -0.240. The highest BCUT2D eigenvalue weighted by atomic mass is 127. The first-order valence-electron chi connectivity index (χ1n) is 6.45. The van der Waals surface area contributed by atoms with Crippen molar-refractivity contribution in [3.63, 3.8) is 0 Å². The average Bonchev–Trinajstić information content (AvgIpc) is 2.39. The Bertz CT molecular complexity index is 430. The molecule has 0 N–H and O–H groups in total. The lowest BCUT2D eigenvalue weighted by Crippen LogP contribution is -2.44. The lowest BCUT2D eigenvalue weighted by atomic mass is 10.0. The van der Waals surface area contributed by atoms with E-state index in [1.165, 1.54) is 12.1 Å². The van der Waals surface area contributed by atoms with Crippen molar-refractivity contribution >= 4 is 26.5 Å². The van der Waals surface area contributed by atoms with Crippen molar-refractivity contribution in [3.05, 3.63) is 35.6 Å². The van der Waals surface area contributed by atoms with E-state index in [1.54, 1.807) is 12.1 Å². The third kappa shape index (κ3) is 4.14. The molecule has 0 aromatic heterocycles. The van der Waals surface area contributed by atoms with Gasteiger partial charge in [0, 0.05) is 35.2 Å². The summed E-state index contributed by atoms with van der Waals surface area (Å²) in [5, 5.41) is 0. The highest BCUT2D eigenvalue weighted by Crippen LogP contribution is 2.21. The SMILES string of the molecule is CN1CCC(N(Cc2ccc(F)cc2)C(=O)I)CC1. The van der Waals surface area contributed by atoms with Gasteiger partial charge in [-0.05, 0) is 50.7 Å². The molecule has 2 rings (SSSR count). The molecule has 0 radical (unpaired) electrons. The van der Waals surface area contributed by atoms with E-state index in [1.807, 2.05) is 27.5 Å². The van der Waals surface area contributed by atoms with Gasteiger partial charge in [0.1, 0.15) is 5.82 Å². The van der Waals surface area contributed by atoms with E-state index in [4.69, 9.17) is 0 Å². The number of carbonyl (C=O) groups excluding carboxylic acids is 1. The number of hydrogen-bond acceptors (Lipinski definition) is 2. The van der Waals surface area contributed by atoms with E-state index in [2.05, 4.69) is 11.9 Å². The molecule has 0 spiro atoms. The molecule has 19 heavy (non-hydrogen) atoms. The van der Waals surface area contributed by atoms with Crippen LogP contribution < -0.4 is 0 Å². The number of benzene rings is 1. The molecule has 0 bridgehead atoms. The van der Waals surface area contributed by atoms with Crippen LogP contribution in [-0.2, 0) is 6.54 Å². The lowest BCUT2D eigenvalue weighted by molar-refractivity contribution is 0.144. The molecule has 1 saturated heterocycles. The smallest absolute Gasteiger partial charge is 0.283 e. The lowest BCUT2D eigenvalue weighted by Gasteiger charge is -2.36. The van der Waals surface area contributed by atoms with Gasteiger partial charge in [-0.2, -0.15) is 0 Å². The highest BCUT2D eigenvalue weighted by Gasteiger charge is 2.25. The van der Waals surface area contributed by atoms with Crippen LogP contribution in [0.3, 0.4) is 0 Å². The minimum absolute atomic E-state index is 0.0662. The molecule has 1 aliphatic heterocycles. The van der Waals surface area contributed by atoms with Crippen LogP contribution in [0.15, 0.2) is 24.3 Å². The molecule has 1 heterocycles. The number of carbonyl (C=O) groups is 1. The molecule has 1 aromatic carbocycles. The Balaban J connectivity index is 2.04. The second-order valence-corrected chi connectivity index (χ2v) is 5.96. The standard InChI is InChI=1S/C14H18FIN2O/c1-17-8-6-13(7-9-17)18(14(16)19)10-11-2-4-12(15)5-3-11/h2-5,13H,6-10H2,1H3. The summed E-state index contributed by atoms with van der Waals surface area (Å²) in [7, 11) is 2.10. The Hall–Kier alpha value is -0.690. The topological polar surface area (TPSA) is 23.6 Å². The summed E-state index contributed by atoms with van der Waals surface area (Å²) in [5.41, 5.74) is 0.977. The van der Waals surface area contributed by atoms with Gasteiger partial charge in [0.2, 0.25) is 0 Å². The van der Waals surface area contributed by atoms with E-state index in [0.717, 1.165) is 31.5 Å². The first kappa shape index (κ1) is 14.7. The second-order valence-electron chi connectivity index (χ2n) is 5.04. The molecule has 0 unspecified atom stereocenters. The second kappa shape index (κ2) is 6.65. The van der Waals surface area contributed by atoms with E-state index in [9.17, 15) is 9.18 Å². The third-order valence-corrected chi connectivity index (χ3v) is 4.24. The summed E-state index contributed by atoms with van der Waals surface area (Å²) in [6.07, 6.45) is 2.01. The van der Waals surface area contributed by atoms with Crippen LogP contribution in [-0.4, -0.2) is 39.9 Å². The Morgan fingerprint density at radius 2 is 1.95 bits per heavy atom. The third-order valence-electron chi connectivity index (χ3n) is 3.62. The Labute approximate surface area is 126 Å². The van der Waals surface area contributed by atoms with Crippen molar-refractivity contribution in [1.29, 1.82) is 0 Å². The van der Waals surface area contributed by atoms with Crippen molar-refractivity contribution in [2.24, 2.45) is 0 Å². The first-order valence-corrected chi connectivity index (χ1v) is 7.53. The van der Waals surface area contributed by atoms with Crippen molar-refractivity contribution in [3.8, 4) is 0 Å². The highest BCUT2D eigenvalue weighted by molar-refractivity contribution is 14.1. The zero-order chi connectivity index (χ0) is 13.8. The predicted molar refractivity (Wildman–Crippen MR) is 81.9 cm³/mol. The maximum atomic E-state index is 12.9. The van der Waals surface area contributed by atoms with Crippen LogP contribution in [0.2, 0.25) is 0 Å². The van der Waals surface area contributed by atoms with E-state index >= 15 is 0 Å². The van der Waals surface area contributed by atoms with Crippen LogP contribution >= 0.6 is 22.6 Å². The van der Waals surface area contributed by atoms with Crippen LogP contribution in [0.25, 0.3) is 0 Å². The molecule has 1 fully saturated rings. The summed E-state index contributed by atoms with van der Waals surface area (Å²) >= 11 is 1.84. The Kier molecular flexibility index (Phi) is 5.15. The van der Waals surface area contributed by atoms with Crippen LogP contribution in [0.4, 0.5) is 9.18 Å². The number of rotatable bonds is 3. The predicted octanol–water partition coefficient (Wildman–Crippen LogP) is 3.28. The van der Waals surface area contributed by atoms with Gasteiger partial charge < -0.3 is 9.80 Å². The van der Waals surface area contributed by atoms with Gasteiger partial charge >= 0.3 is 0 Å². The number of nitrogens with zero attached hydrogens (tertiary/aromatic N) is 2. The number of amides is 1. The fourth-order valence-corrected chi connectivity index (χ4v) is 2.99. The molecule has 1 aromatic rings. The monoisotopic (exact) mass is 376 g/mol. The summed E-state index contributed by atoms with van der Waals surface area (Å²) in [4.78, 5) is 16.0. The Morgan fingerprint density at radius 1 is 1.37 bits per heavy atom. The molecule has 1 aliphatic rings. The van der Waals surface area contributed by atoms with Crippen LogP contribution in [0, 0.1) is 5.82 Å². The Morgan fingerprint density at radius 3 is 2.47 bits per heavy atom. The molecular formula is C14H18FIN2O. The van der Waals surface area contributed by atoms with E-state index in [-0.39, 0.29) is 9.73 Å². The molecule has 0 atom stereocenters. The van der Waals surface area contributed by atoms with Gasteiger partial charge in [-0.1, -0.05) is 12.1 Å². The summed E-state index contributed by atoms with van der Waals surface area (Å²) in [5.74, 6) is -0.240. The zero-order valence-electron chi connectivity index (χ0n) is 11.0. The van der Waals surface area contributed by atoms with Crippen molar-refractivity contribution in [2.45, 2.75) is 25.4 Å². The molecular weight excluding hydrogens is 358 g/mol. The fraction of sp³-hybridized carbons (Fsp3) is 0.500. The maximum Gasteiger partial charge on any atom is 0.283 e. The summed E-state index contributed by atoms with van der Waals surface area (Å²) in [6.45, 7) is 2.61. The summed E-state index contributed by atoms with van der Waals surface area (Å²) < 4.78 is 13.0. The van der Waals surface area contributed by atoms with Crippen molar-refractivity contribution in [2.75, 3.05) is 20.1 Å². The summed E-state index contributed by atoms with van der Waals surface area (Å²) in [6, 6.07) is 6.68. The number of hydrogen-bond donors (Lipinski definition) is 0. The molecule has 5 heteroatoms. The minimum Gasteiger partial charge on any atom is -0.327 e. The van der Waals surface area contributed by atoms with Gasteiger partial charge in [0.15, 0.2) is 0 Å². The number of halogens is 2. The molecule has 3 nitrogen and oxygen atoms in total. The van der Waals surface area contributed by atoms with Gasteiger partial charge in [0.05, 0.1) is 0 Å². The maximum absolute atomic E-state index is 12.9. The quantitative estimate of drug-likeness (QED) is 0.459. The van der Waals surface area contributed by atoms with E-state index < -0.39 is 0 Å². The number of likely N-dealkylation sites (tertiary alicyclic amines) is 1. The van der Waals surface area contributed by atoms with Crippen molar-refractivity contribution < 1.29 is 9.18 Å². The van der Waals surface area contributed by atoms with Gasteiger partial charge in [-0.15, -0.1) is 0 Å². The van der Waals surface area contributed by atoms with Gasteiger partial charge in [0.25, 0.3) is 3.91 Å². The molecule has 0 saturated carbocycles. The molecule has 104 valence electrons. The van der Waals surface area contributed by atoms with Gasteiger partial charge in [-0.3, -0.25) is 4.79 Å². The molecule has 1 amide bonds. The zero-order valence-corrected chi connectivity index (χ0v) is 13.1.